The fraction of sp³-hybridized carbons (Fsp3) is 0.333. The van der Waals surface area contributed by atoms with Gasteiger partial charge in [-0.15, -0.1) is 0 Å². The molecule has 7 heteroatoms. The number of nitrogens with one attached hydrogen (secondary N) is 1. The first-order valence-electron chi connectivity index (χ1n) is 8.88. The Balaban J connectivity index is 1.95. The molecule has 5 nitrogen and oxygen atoms in total. The first-order chi connectivity index (χ1) is 13.3. The topological polar surface area (TPSA) is 75.6 Å². The Morgan fingerprint density at radius 1 is 1.18 bits per heavy atom. The van der Waals surface area contributed by atoms with Gasteiger partial charge in [-0.25, -0.2) is 8.78 Å². The third-order valence-electron chi connectivity index (χ3n) is 4.54. The molecule has 2 N–H and O–H groups in total. The number of carbonyl (C=O) groups is 2. The largest absolute Gasteiger partial charge is 0.496 e. The molecule has 0 radical (unpaired) electrons. The lowest BCUT2D eigenvalue weighted by Gasteiger charge is -2.17. The zero-order valence-electron chi connectivity index (χ0n) is 15.7. The Kier molecular flexibility index (Phi) is 7.49. The number of rotatable bonds is 9. The lowest BCUT2D eigenvalue weighted by Crippen LogP contribution is -2.34. The summed E-state index contributed by atoms with van der Waals surface area (Å²) in [6, 6.07) is 10.3. The number of carboxylic acids is 1. The van der Waals surface area contributed by atoms with Gasteiger partial charge in [0.2, 0.25) is 5.91 Å². The van der Waals surface area contributed by atoms with Crippen molar-refractivity contribution in [1.29, 1.82) is 0 Å². The lowest BCUT2D eigenvalue weighted by molar-refractivity contribution is -0.141. The average molecular weight is 391 g/mol. The summed E-state index contributed by atoms with van der Waals surface area (Å²) in [4.78, 5) is 23.7. The van der Waals surface area contributed by atoms with Gasteiger partial charge in [0.05, 0.1) is 13.0 Å². The van der Waals surface area contributed by atoms with Crippen LogP contribution in [-0.4, -0.2) is 30.6 Å². The third kappa shape index (κ3) is 5.77. The Bertz CT molecular complexity index is 841. The minimum Gasteiger partial charge on any atom is -0.496 e. The molecule has 28 heavy (non-hydrogen) atoms. The molecule has 150 valence electrons. The van der Waals surface area contributed by atoms with Crippen LogP contribution in [0.1, 0.15) is 30.4 Å². The lowest BCUT2D eigenvalue weighted by atomic mass is 9.96. The molecule has 2 aromatic carbocycles. The van der Waals surface area contributed by atoms with Crippen molar-refractivity contribution >= 4 is 11.9 Å². The van der Waals surface area contributed by atoms with Crippen LogP contribution in [0.5, 0.6) is 5.75 Å². The first-order valence-corrected chi connectivity index (χ1v) is 8.88. The molecule has 0 bridgehead atoms. The number of para-hydroxylation sites is 1. The predicted molar refractivity (Wildman–Crippen MR) is 100 cm³/mol. The number of ether oxygens (including phenoxy) is 1. The fourth-order valence-corrected chi connectivity index (χ4v) is 2.98. The van der Waals surface area contributed by atoms with Crippen molar-refractivity contribution in [3.63, 3.8) is 0 Å². The van der Waals surface area contributed by atoms with Crippen molar-refractivity contribution in [3.8, 4) is 5.75 Å². The number of hydrogen-bond acceptors (Lipinski definition) is 3. The minimum absolute atomic E-state index is 0.0381. The Morgan fingerprint density at radius 3 is 2.54 bits per heavy atom. The molecular formula is C21H23F2NO4. The smallest absolute Gasteiger partial charge is 0.308 e. The molecule has 2 aromatic rings. The molecule has 0 fully saturated rings. The number of carboxylic acid groups (broad SMARTS) is 1. The summed E-state index contributed by atoms with van der Waals surface area (Å²) in [6.07, 6.45) is 0.158. The maximum absolute atomic E-state index is 13.8. The number of carbonyl (C=O) groups excluding carboxylic acids is 1. The van der Waals surface area contributed by atoms with Crippen LogP contribution in [-0.2, 0) is 16.0 Å². The summed E-state index contributed by atoms with van der Waals surface area (Å²) in [5.74, 6) is -3.55. The summed E-state index contributed by atoms with van der Waals surface area (Å²) in [5, 5.41) is 12.1. The van der Waals surface area contributed by atoms with Crippen LogP contribution in [0.4, 0.5) is 8.78 Å². The molecular weight excluding hydrogens is 368 g/mol. The average Bonchev–Trinajstić information content (AvgIpc) is 2.64. The van der Waals surface area contributed by atoms with Crippen molar-refractivity contribution in [2.75, 3.05) is 13.7 Å². The minimum atomic E-state index is -1.04. The molecule has 0 aliphatic heterocycles. The number of aliphatic carboxylic acids is 1. The molecule has 0 heterocycles. The Labute approximate surface area is 162 Å². The van der Waals surface area contributed by atoms with E-state index in [1.54, 1.807) is 31.2 Å². The van der Waals surface area contributed by atoms with E-state index in [9.17, 15) is 23.5 Å². The van der Waals surface area contributed by atoms with Crippen molar-refractivity contribution in [3.05, 3.63) is 65.2 Å². The van der Waals surface area contributed by atoms with Crippen LogP contribution in [0.3, 0.4) is 0 Å². The molecule has 0 spiro atoms. The zero-order chi connectivity index (χ0) is 20.7. The van der Waals surface area contributed by atoms with Crippen molar-refractivity contribution in [2.45, 2.75) is 25.7 Å². The predicted octanol–water partition coefficient (Wildman–Crippen LogP) is 3.53. The quantitative estimate of drug-likeness (QED) is 0.686. The molecule has 2 unspecified atom stereocenters. The van der Waals surface area contributed by atoms with Crippen LogP contribution in [0.25, 0.3) is 0 Å². The normalized spacial score (nSPS) is 12.9. The number of benzene rings is 2. The summed E-state index contributed by atoms with van der Waals surface area (Å²) >= 11 is 0. The molecule has 0 aliphatic carbocycles. The maximum Gasteiger partial charge on any atom is 0.308 e. The summed E-state index contributed by atoms with van der Waals surface area (Å²) in [7, 11) is 1.51. The van der Waals surface area contributed by atoms with Gasteiger partial charge in [0, 0.05) is 19.0 Å². The van der Waals surface area contributed by atoms with Gasteiger partial charge in [-0.05, 0) is 35.6 Å². The zero-order valence-corrected chi connectivity index (χ0v) is 15.7. The summed E-state index contributed by atoms with van der Waals surface area (Å²) in [6.45, 7) is 1.59. The SMILES string of the molecule is COc1ccccc1CC(CNC(=O)CC(C)c1ccc(F)cc1F)C(=O)O. The highest BCUT2D eigenvalue weighted by molar-refractivity contribution is 5.78. The number of hydrogen-bond donors (Lipinski definition) is 2. The van der Waals surface area contributed by atoms with Gasteiger partial charge in [-0.1, -0.05) is 31.2 Å². The molecule has 0 aliphatic rings. The molecule has 0 saturated heterocycles. The second-order valence-corrected chi connectivity index (χ2v) is 6.63. The van der Waals surface area contributed by atoms with E-state index in [4.69, 9.17) is 4.74 Å². The van der Waals surface area contributed by atoms with Crippen molar-refractivity contribution in [1.82, 2.24) is 5.32 Å². The summed E-state index contributed by atoms with van der Waals surface area (Å²) in [5.41, 5.74) is 0.966. The van der Waals surface area contributed by atoms with Crippen LogP contribution < -0.4 is 10.1 Å². The Morgan fingerprint density at radius 2 is 1.89 bits per heavy atom. The van der Waals surface area contributed by atoms with Gasteiger partial charge < -0.3 is 15.2 Å². The van der Waals surface area contributed by atoms with E-state index in [1.165, 1.54) is 13.2 Å². The second kappa shape index (κ2) is 9.82. The van der Waals surface area contributed by atoms with Crippen molar-refractivity contribution in [2.24, 2.45) is 5.92 Å². The molecule has 0 saturated carbocycles. The van der Waals surface area contributed by atoms with E-state index in [1.807, 2.05) is 0 Å². The van der Waals surface area contributed by atoms with Crippen molar-refractivity contribution < 1.29 is 28.2 Å². The van der Waals surface area contributed by atoms with E-state index < -0.39 is 35.3 Å². The molecule has 2 atom stereocenters. The number of amides is 1. The van der Waals surface area contributed by atoms with E-state index in [0.29, 0.717) is 5.75 Å². The fourth-order valence-electron chi connectivity index (χ4n) is 2.98. The van der Waals surface area contributed by atoms with Gasteiger partial charge in [0.25, 0.3) is 0 Å². The molecule has 1 amide bonds. The van der Waals surface area contributed by atoms with E-state index in [0.717, 1.165) is 17.7 Å². The van der Waals surface area contributed by atoms with Crippen LogP contribution >= 0.6 is 0 Å². The van der Waals surface area contributed by atoms with E-state index in [-0.39, 0.29) is 24.9 Å². The van der Waals surface area contributed by atoms with E-state index in [2.05, 4.69) is 5.32 Å². The third-order valence-corrected chi connectivity index (χ3v) is 4.54. The standard InChI is InChI=1S/C21H23F2NO4/c1-13(17-8-7-16(22)11-18(17)23)9-20(25)24-12-15(21(26)27)10-14-5-3-4-6-19(14)28-2/h3-8,11,13,15H,9-10,12H2,1-2H3,(H,24,25)(H,26,27). The number of methoxy groups -OCH3 is 1. The van der Waals surface area contributed by atoms with Gasteiger partial charge in [-0.2, -0.15) is 0 Å². The van der Waals surface area contributed by atoms with Crippen LogP contribution in [0, 0.1) is 17.6 Å². The van der Waals surface area contributed by atoms with Gasteiger partial charge in [-0.3, -0.25) is 9.59 Å². The van der Waals surface area contributed by atoms with Crippen LogP contribution in [0.2, 0.25) is 0 Å². The van der Waals surface area contributed by atoms with Crippen LogP contribution in [0.15, 0.2) is 42.5 Å². The van der Waals surface area contributed by atoms with E-state index >= 15 is 0 Å². The molecule has 2 rings (SSSR count). The number of halogens is 2. The Hall–Kier alpha value is -2.96. The molecule has 0 aromatic heterocycles. The first kappa shape index (κ1) is 21.3. The highest BCUT2D eigenvalue weighted by atomic mass is 19.1. The van der Waals surface area contributed by atoms with Gasteiger partial charge >= 0.3 is 5.97 Å². The highest BCUT2D eigenvalue weighted by Crippen LogP contribution is 2.23. The second-order valence-electron chi connectivity index (χ2n) is 6.63. The summed E-state index contributed by atoms with van der Waals surface area (Å²) < 4.78 is 32.1. The van der Waals surface area contributed by atoms with Gasteiger partial charge in [0.1, 0.15) is 17.4 Å². The van der Waals surface area contributed by atoms with Gasteiger partial charge in [0.15, 0.2) is 0 Å². The maximum atomic E-state index is 13.8. The highest BCUT2D eigenvalue weighted by Gasteiger charge is 2.22. The monoisotopic (exact) mass is 391 g/mol.